The Morgan fingerprint density at radius 2 is 1.94 bits per heavy atom. The van der Waals surface area contributed by atoms with Crippen molar-refractivity contribution in [3.8, 4) is 0 Å². The molecule has 2 rings (SSSR count). The second-order valence-electron chi connectivity index (χ2n) is 3.35. The van der Waals surface area contributed by atoms with Gasteiger partial charge in [0.2, 0.25) is 0 Å². The van der Waals surface area contributed by atoms with Gasteiger partial charge in [-0.1, -0.05) is 0 Å². The van der Waals surface area contributed by atoms with Crippen LogP contribution in [0.25, 0.3) is 0 Å². The molecule has 0 aliphatic heterocycles. The zero-order valence-corrected chi connectivity index (χ0v) is 9.28. The molecular weight excluding hydrogens is 230 g/mol. The second-order valence-corrected chi connectivity index (χ2v) is 4.47. The molecule has 0 aliphatic rings. The summed E-state index contributed by atoms with van der Waals surface area (Å²) in [6.45, 7) is 1.82. The Labute approximate surface area is 95.4 Å². The van der Waals surface area contributed by atoms with Crippen LogP contribution in [-0.2, 0) is 0 Å². The van der Waals surface area contributed by atoms with Crippen LogP contribution < -0.4 is 0 Å². The van der Waals surface area contributed by atoms with Crippen molar-refractivity contribution in [3.63, 3.8) is 0 Å². The molecule has 0 aliphatic carbocycles. The Morgan fingerprint density at radius 1 is 1.19 bits per heavy atom. The molecule has 0 amide bonds. The first-order chi connectivity index (χ1) is 7.59. The fraction of sp³-hybridized carbons (Fsp3) is 0.0833. The number of carbonyl (C=O) groups excluding carboxylic acids is 1. The average Bonchev–Trinajstić information content (AvgIpc) is 2.67. The number of aryl methyl sites for hydroxylation is 1. The van der Waals surface area contributed by atoms with Crippen LogP contribution in [0.2, 0.25) is 0 Å². The highest BCUT2D eigenvalue weighted by Gasteiger charge is 2.14. The van der Waals surface area contributed by atoms with E-state index in [1.807, 2.05) is 6.92 Å². The van der Waals surface area contributed by atoms with Gasteiger partial charge < -0.3 is 0 Å². The van der Waals surface area contributed by atoms with Crippen molar-refractivity contribution in [1.82, 2.24) is 0 Å². The summed E-state index contributed by atoms with van der Waals surface area (Å²) in [5, 5.41) is 1.79. The van der Waals surface area contributed by atoms with E-state index < -0.39 is 11.6 Å². The second kappa shape index (κ2) is 4.14. The van der Waals surface area contributed by atoms with E-state index in [9.17, 15) is 13.6 Å². The molecule has 1 aromatic carbocycles. The molecule has 0 spiro atoms. The zero-order chi connectivity index (χ0) is 11.7. The molecule has 1 nitrogen and oxygen atoms in total. The number of carbonyl (C=O) groups is 1. The lowest BCUT2D eigenvalue weighted by molar-refractivity contribution is 0.103. The van der Waals surface area contributed by atoms with Crippen molar-refractivity contribution in [3.05, 3.63) is 57.3 Å². The van der Waals surface area contributed by atoms with E-state index in [0.717, 1.165) is 17.0 Å². The predicted octanol–water partition coefficient (Wildman–Crippen LogP) is 3.57. The quantitative estimate of drug-likeness (QED) is 0.731. The van der Waals surface area contributed by atoms with Crippen LogP contribution in [0.4, 0.5) is 8.78 Å². The molecule has 16 heavy (non-hydrogen) atoms. The van der Waals surface area contributed by atoms with Crippen LogP contribution in [0.3, 0.4) is 0 Å². The lowest BCUT2D eigenvalue weighted by atomic mass is 10.0. The van der Waals surface area contributed by atoms with Gasteiger partial charge >= 0.3 is 0 Å². The third-order valence-corrected chi connectivity index (χ3v) is 3.13. The highest BCUT2D eigenvalue weighted by molar-refractivity contribution is 7.10. The normalized spacial score (nSPS) is 10.4. The molecule has 1 aromatic heterocycles. The summed E-state index contributed by atoms with van der Waals surface area (Å²) in [7, 11) is 0. The van der Waals surface area contributed by atoms with Crippen LogP contribution >= 0.6 is 11.3 Å². The predicted molar refractivity (Wildman–Crippen MR) is 58.8 cm³/mol. The Balaban J connectivity index is 2.42. The molecule has 0 unspecified atom stereocenters. The molecule has 0 saturated carbocycles. The first kappa shape index (κ1) is 11.0. The average molecular weight is 238 g/mol. The van der Waals surface area contributed by atoms with Crippen LogP contribution in [-0.4, -0.2) is 5.78 Å². The molecule has 2 aromatic rings. The summed E-state index contributed by atoms with van der Waals surface area (Å²) in [6, 6.07) is 4.86. The van der Waals surface area contributed by atoms with Gasteiger partial charge in [0.1, 0.15) is 0 Å². The topological polar surface area (TPSA) is 17.1 Å². The van der Waals surface area contributed by atoms with E-state index in [2.05, 4.69) is 0 Å². The largest absolute Gasteiger partial charge is 0.289 e. The van der Waals surface area contributed by atoms with E-state index >= 15 is 0 Å². The number of halogens is 2. The van der Waals surface area contributed by atoms with Crippen molar-refractivity contribution in [2.24, 2.45) is 0 Å². The van der Waals surface area contributed by atoms with Crippen LogP contribution in [0.15, 0.2) is 29.6 Å². The Kier molecular flexibility index (Phi) is 2.83. The Morgan fingerprint density at radius 3 is 2.50 bits per heavy atom. The van der Waals surface area contributed by atoms with Gasteiger partial charge in [-0.25, -0.2) is 8.78 Å². The number of hydrogen-bond acceptors (Lipinski definition) is 2. The maximum Gasteiger partial charge on any atom is 0.194 e. The van der Waals surface area contributed by atoms with E-state index in [1.54, 1.807) is 11.4 Å². The molecule has 0 N–H and O–H groups in total. The standard InChI is InChI=1S/C12H8F2OS/c1-7-9(4-5-16-7)12(15)8-2-3-10(13)11(14)6-8/h2-6H,1H3. The van der Waals surface area contributed by atoms with Gasteiger partial charge in [0.05, 0.1) is 0 Å². The molecule has 0 radical (unpaired) electrons. The van der Waals surface area contributed by atoms with E-state index in [-0.39, 0.29) is 11.3 Å². The molecular formula is C12H8F2OS. The summed E-state index contributed by atoms with van der Waals surface area (Å²) >= 11 is 1.45. The van der Waals surface area contributed by atoms with Gasteiger partial charge in [-0.15, -0.1) is 11.3 Å². The van der Waals surface area contributed by atoms with Crippen molar-refractivity contribution in [2.45, 2.75) is 6.92 Å². The third kappa shape index (κ3) is 1.88. The minimum Gasteiger partial charge on any atom is -0.289 e. The van der Waals surface area contributed by atoms with Crippen LogP contribution in [0.5, 0.6) is 0 Å². The molecule has 0 atom stereocenters. The number of rotatable bonds is 2. The van der Waals surface area contributed by atoms with Crippen molar-refractivity contribution in [1.29, 1.82) is 0 Å². The van der Waals surface area contributed by atoms with E-state index in [0.29, 0.717) is 5.56 Å². The Hall–Kier alpha value is -1.55. The fourth-order valence-electron chi connectivity index (χ4n) is 1.41. The minimum absolute atomic E-state index is 0.167. The van der Waals surface area contributed by atoms with Crippen molar-refractivity contribution >= 4 is 17.1 Å². The highest BCUT2D eigenvalue weighted by Crippen LogP contribution is 2.20. The van der Waals surface area contributed by atoms with Gasteiger partial charge in [0.25, 0.3) is 0 Å². The number of benzene rings is 1. The minimum atomic E-state index is -1.00. The zero-order valence-electron chi connectivity index (χ0n) is 8.46. The summed E-state index contributed by atoms with van der Waals surface area (Å²) in [5.41, 5.74) is 0.705. The molecule has 0 fully saturated rings. The smallest absolute Gasteiger partial charge is 0.194 e. The van der Waals surface area contributed by atoms with Gasteiger partial charge in [-0.2, -0.15) is 0 Å². The van der Waals surface area contributed by atoms with E-state index in [1.165, 1.54) is 17.4 Å². The first-order valence-electron chi connectivity index (χ1n) is 4.63. The van der Waals surface area contributed by atoms with Crippen LogP contribution in [0, 0.1) is 18.6 Å². The van der Waals surface area contributed by atoms with Crippen LogP contribution in [0.1, 0.15) is 20.8 Å². The van der Waals surface area contributed by atoms with Gasteiger partial charge in [0.15, 0.2) is 17.4 Å². The highest BCUT2D eigenvalue weighted by atomic mass is 32.1. The van der Waals surface area contributed by atoms with E-state index in [4.69, 9.17) is 0 Å². The molecule has 1 heterocycles. The van der Waals surface area contributed by atoms with Gasteiger partial charge in [-0.05, 0) is 36.6 Å². The fourth-order valence-corrected chi connectivity index (χ4v) is 2.11. The maximum atomic E-state index is 13.0. The SMILES string of the molecule is Cc1sccc1C(=O)c1ccc(F)c(F)c1. The lowest BCUT2D eigenvalue weighted by Gasteiger charge is -2.01. The van der Waals surface area contributed by atoms with Gasteiger partial charge in [-0.3, -0.25) is 4.79 Å². The summed E-state index contributed by atoms with van der Waals surface area (Å²) in [4.78, 5) is 12.8. The lowest BCUT2D eigenvalue weighted by Crippen LogP contribution is -2.02. The monoisotopic (exact) mass is 238 g/mol. The summed E-state index contributed by atoms with van der Waals surface area (Å²) < 4.78 is 25.7. The first-order valence-corrected chi connectivity index (χ1v) is 5.51. The summed E-state index contributed by atoms with van der Waals surface area (Å²) in [5.74, 6) is -2.23. The Bertz CT molecular complexity index is 546. The van der Waals surface area contributed by atoms with Crippen molar-refractivity contribution in [2.75, 3.05) is 0 Å². The maximum absolute atomic E-state index is 13.0. The van der Waals surface area contributed by atoms with Crippen molar-refractivity contribution < 1.29 is 13.6 Å². The molecule has 0 saturated heterocycles. The number of ketones is 1. The number of hydrogen-bond donors (Lipinski definition) is 0. The molecule has 0 bridgehead atoms. The summed E-state index contributed by atoms with van der Waals surface area (Å²) in [6.07, 6.45) is 0. The molecule has 82 valence electrons. The third-order valence-electron chi connectivity index (χ3n) is 2.29. The number of thiophene rings is 1. The van der Waals surface area contributed by atoms with Gasteiger partial charge in [0, 0.05) is 16.0 Å². The molecule has 4 heteroatoms.